The summed E-state index contributed by atoms with van der Waals surface area (Å²) in [7, 11) is -9.10. The van der Waals surface area contributed by atoms with Gasteiger partial charge in [-0.2, -0.15) is 28.9 Å². The lowest BCUT2D eigenvalue weighted by molar-refractivity contribution is -0.147. The number of ether oxygens (including phenoxy) is 2. The smallest absolute Gasteiger partial charge is 0.464 e. The highest BCUT2D eigenvalue weighted by molar-refractivity contribution is 8.00. The molecule has 0 saturated carbocycles. The molecule has 7 rings (SSSR count). The van der Waals surface area contributed by atoms with Crippen LogP contribution in [0.15, 0.2) is 94.8 Å². The van der Waals surface area contributed by atoms with Gasteiger partial charge in [0.15, 0.2) is 0 Å². The number of thioether (sulfide) groups is 2. The van der Waals surface area contributed by atoms with Crippen molar-refractivity contribution in [2.45, 2.75) is 125 Å². The van der Waals surface area contributed by atoms with E-state index in [1.807, 2.05) is 27.7 Å². The monoisotopic (exact) mass is 1320 g/mol. The highest BCUT2D eigenvalue weighted by Crippen LogP contribution is 2.50. The molecule has 2 saturated heterocycles. The first-order chi connectivity index (χ1) is 41.6. The molecule has 88 heavy (non-hydrogen) atoms. The summed E-state index contributed by atoms with van der Waals surface area (Å²) in [6.45, 7) is 10.2. The van der Waals surface area contributed by atoms with Crippen LogP contribution in [-0.4, -0.2) is 130 Å². The Morgan fingerprint density at radius 1 is 0.591 bits per heavy atom. The molecular formula is C54H71F5N8O17P2S2. The van der Waals surface area contributed by atoms with E-state index >= 15 is 0 Å². The van der Waals surface area contributed by atoms with Crippen molar-refractivity contribution in [1.29, 1.82) is 0 Å². The summed E-state index contributed by atoms with van der Waals surface area (Å²) in [6, 6.07) is 15.8. The second-order valence-corrected chi connectivity index (χ2v) is 25.8. The van der Waals surface area contributed by atoms with Crippen LogP contribution in [0.4, 0.5) is 33.6 Å². The van der Waals surface area contributed by atoms with Crippen LogP contribution in [0, 0.1) is 40.9 Å². The quantitative estimate of drug-likeness (QED) is 0.00953. The van der Waals surface area contributed by atoms with Gasteiger partial charge in [-0.1, -0.05) is 89.8 Å². The lowest BCUT2D eigenvalue weighted by Crippen LogP contribution is -2.38. The van der Waals surface area contributed by atoms with Crippen LogP contribution in [0.2, 0.25) is 0 Å². The third-order valence-electron chi connectivity index (χ3n) is 13.5. The number of aromatic nitrogens is 4. The van der Waals surface area contributed by atoms with Gasteiger partial charge >= 0.3 is 38.8 Å². The van der Waals surface area contributed by atoms with Gasteiger partial charge in [0, 0.05) is 12.4 Å². The van der Waals surface area contributed by atoms with Gasteiger partial charge in [-0.15, -0.1) is 23.5 Å². The van der Waals surface area contributed by atoms with Crippen molar-refractivity contribution >= 4 is 62.6 Å². The van der Waals surface area contributed by atoms with Crippen molar-refractivity contribution < 1.29 is 93.8 Å². The number of nitrogens with zero attached hydrogens (tertiary/aromatic N) is 4. The maximum absolute atomic E-state index is 14.1. The van der Waals surface area contributed by atoms with Crippen molar-refractivity contribution in [3.8, 4) is 17.2 Å². The molecular weight excluding hydrogens is 1250 g/mol. The SMILES string of the molecule is CCC(CC)COC(=O)[C@H](C)NP(=O)(OC[C@H]1S[C@@H](n2ccc(N)nc2=O)[C@@H](O)[C@@H]1O)Oc1ccccc1.CCC(CC)COC(=O)[C@H](C)NP(=O)(Oc1ccccc1)Oc1c(F)c(F)c(F)c(F)c1F.Nc1ccn([C@@H]2S[C@H](CO)[C@@H](O)[C@@H]2O)c(=O)n1. The molecule has 2 unspecified atom stereocenters. The molecule has 3 aromatic carbocycles. The third kappa shape index (κ3) is 19.7. The van der Waals surface area contributed by atoms with Crippen LogP contribution in [0.5, 0.6) is 17.2 Å². The topological polar surface area (TPSA) is 371 Å². The molecule has 0 bridgehead atoms. The lowest BCUT2D eigenvalue weighted by atomic mass is 10.1. The second-order valence-electron chi connectivity index (χ2n) is 19.8. The maximum atomic E-state index is 14.1. The molecule has 0 aliphatic carbocycles. The number of halogens is 5. The Hall–Kier alpha value is -6.15. The highest BCUT2D eigenvalue weighted by Gasteiger charge is 2.46. The van der Waals surface area contributed by atoms with Gasteiger partial charge < -0.3 is 60.0 Å². The van der Waals surface area contributed by atoms with Crippen LogP contribution in [-0.2, 0) is 32.7 Å². The highest BCUT2D eigenvalue weighted by atomic mass is 32.2. The Kier molecular flexibility index (Phi) is 27.7. The molecule has 0 amide bonds. The minimum absolute atomic E-state index is 0.0294. The van der Waals surface area contributed by atoms with Crippen LogP contribution >= 0.6 is 39.0 Å². The van der Waals surface area contributed by atoms with Crippen molar-refractivity contribution in [1.82, 2.24) is 29.3 Å². The zero-order valence-electron chi connectivity index (χ0n) is 48.3. The normalized spacial score (nSPS) is 21.8. The van der Waals surface area contributed by atoms with E-state index in [2.05, 4.69) is 20.1 Å². The lowest BCUT2D eigenvalue weighted by Gasteiger charge is -2.25. The average Bonchev–Trinajstić information content (AvgIpc) is 2.02. The zero-order chi connectivity index (χ0) is 65.2. The first-order valence-electron chi connectivity index (χ1n) is 27.4. The summed E-state index contributed by atoms with van der Waals surface area (Å²) >= 11 is 2.18. The number of aliphatic hydroxyl groups is 5. The number of para-hydroxylation sites is 2. The second kappa shape index (κ2) is 33.6. The van der Waals surface area contributed by atoms with E-state index in [0.717, 1.165) is 53.8 Å². The summed E-state index contributed by atoms with van der Waals surface area (Å²) < 4.78 is 130. The fourth-order valence-corrected chi connectivity index (χ4v) is 14.0. The minimum Gasteiger partial charge on any atom is -0.464 e. The Morgan fingerprint density at radius 3 is 1.35 bits per heavy atom. The van der Waals surface area contributed by atoms with Gasteiger partial charge in [0.1, 0.15) is 58.2 Å². The molecule has 5 aromatic rings. The number of anilines is 2. The first-order valence-corrected chi connectivity index (χ1v) is 32.4. The van der Waals surface area contributed by atoms with Gasteiger partial charge in [-0.25, -0.2) is 31.9 Å². The number of aliphatic hydroxyl groups excluding tert-OH is 5. The number of esters is 2. The molecule has 486 valence electrons. The zero-order valence-corrected chi connectivity index (χ0v) is 51.8. The number of nitrogen functional groups attached to an aromatic ring is 2. The average molecular weight is 1330 g/mol. The van der Waals surface area contributed by atoms with Gasteiger partial charge in [-0.3, -0.25) is 23.2 Å². The molecule has 11 N–H and O–H groups in total. The molecule has 4 heterocycles. The van der Waals surface area contributed by atoms with Crippen LogP contribution in [0.1, 0.15) is 78.0 Å². The number of nitrogens with one attached hydrogen (secondary N) is 2. The Balaban J connectivity index is 0.000000256. The van der Waals surface area contributed by atoms with Gasteiger partial charge in [-0.05, 0) is 62.1 Å². The van der Waals surface area contributed by atoms with E-state index in [9.17, 15) is 70.7 Å². The summed E-state index contributed by atoms with van der Waals surface area (Å²) in [5.74, 6) is -14.5. The Morgan fingerprint density at radius 2 is 0.966 bits per heavy atom. The van der Waals surface area contributed by atoms with E-state index < -0.39 is 131 Å². The predicted octanol–water partition coefficient (Wildman–Crippen LogP) is 6.38. The predicted molar refractivity (Wildman–Crippen MR) is 315 cm³/mol. The number of carbonyl (C=O) groups excluding carboxylic acids is 2. The molecule has 2 aromatic heterocycles. The van der Waals surface area contributed by atoms with Gasteiger partial charge in [0.05, 0.1) is 49.1 Å². The number of hydrogen-bond donors (Lipinski definition) is 9. The van der Waals surface area contributed by atoms with Crippen molar-refractivity contribution in [2.75, 3.05) is 37.9 Å². The molecule has 2 aliphatic heterocycles. The molecule has 25 nitrogen and oxygen atoms in total. The van der Waals surface area contributed by atoms with E-state index in [1.54, 1.807) is 36.4 Å². The Labute approximate surface area is 510 Å². The fraction of sp³-hybridized carbons (Fsp3) is 0.481. The number of nitrogens with two attached hydrogens (primary N) is 2. The van der Waals surface area contributed by atoms with Crippen molar-refractivity contribution in [3.05, 3.63) is 135 Å². The number of benzene rings is 3. The van der Waals surface area contributed by atoms with Crippen LogP contribution in [0.3, 0.4) is 0 Å². The summed E-state index contributed by atoms with van der Waals surface area (Å²) in [5, 5.41) is 51.6. The first kappa shape index (κ1) is 72.6. The molecule has 12 atom stereocenters. The van der Waals surface area contributed by atoms with Crippen LogP contribution in [0.25, 0.3) is 0 Å². The summed E-state index contributed by atoms with van der Waals surface area (Å²) in [4.78, 5) is 55.9. The van der Waals surface area contributed by atoms with Crippen molar-refractivity contribution in [3.63, 3.8) is 0 Å². The molecule has 2 aliphatic rings. The summed E-state index contributed by atoms with van der Waals surface area (Å²) in [6.07, 6.45) is 1.14. The van der Waals surface area contributed by atoms with E-state index in [1.165, 1.54) is 67.2 Å². The Bertz CT molecular complexity index is 3290. The molecule has 0 radical (unpaired) electrons. The van der Waals surface area contributed by atoms with Gasteiger partial charge in [0.25, 0.3) is 0 Å². The fourth-order valence-electron chi connectivity index (χ4n) is 8.08. The summed E-state index contributed by atoms with van der Waals surface area (Å²) in [5.41, 5.74) is 9.62. The number of carbonyl (C=O) groups is 2. The third-order valence-corrected chi connectivity index (χ3v) is 19.8. The number of rotatable bonds is 26. The van der Waals surface area contributed by atoms with Crippen molar-refractivity contribution in [2.24, 2.45) is 11.8 Å². The molecule has 34 heteroatoms. The van der Waals surface area contributed by atoms with E-state index in [-0.39, 0.29) is 61.4 Å². The largest absolute Gasteiger partial charge is 0.513 e. The van der Waals surface area contributed by atoms with E-state index in [0.29, 0.717) is 0 Å². The standard InChI is InChI=1S/C24H35N4O8PS.C21H23F5NO5P.C9H13N3O4S/c1-4-16(5-2)13-34-23(31)15(3)27-37(33,36-17-9-7-6-8-10-17)35-14-18-20(29)21(30)22(38-18)28-12-11-19(25)26-24(28)32;1-4-13(5-2)11-30-21(28)12(3)27-33(29,31-14-9-7-6-8-10-14)32-20-18(25)16(23)15(22)17(24)19(20)26;10-5-1-2-12(9(16)11-5)8-7(15)6(14)4(3-13)17-8/h6-12,15-16,18,20-22,29-30H,4-5,13-14H2,1-3H3,(H,27,33)(H2,25,26,32);6-10,12-13H,4-5,11H2,1-3H3,(H,27,29);1-2,4,6-8,13-15H,3H2,(H2,10,11,16)/t15-,18+,20+,21-,22+,37?;12-,33?;4-,6-,7+,8-/m001/s1. The van der Waals surface area contributed by atoms with Crippen LogP contribution < -0.4 is 46.6 Å². The molecule has 0 spiro atoms. The van der Waals surface area contributed by atoms with Gasteiger partial charge in [0.2, 0.25) is 34.8 Å². The maximum Gasteiger partial charge on any atom is 0.513 e. The minimum atomic E-state index is -4.93. The number of hydrogen-bond acceptors (Lipinski definition) is 23. The molecule has 2 fully saturated rings. The van der Waals surface area contributed by atoms with E-state index in [4.69, 9.17) is 44.1 Å².